The molecule has 1 aliphatic carbocycles. The maximum Gasteiger partial charge on any atom is 0.409 e. The summed E-state index contributed by atoms with van der Waals surface area (Å²) in [6, 6.07) is 6.10. The zero-order valence-corrected chi connectivity index (χ0v) is 17.7. The molecule has 5 heteroatoms. The Morgan fingerprint density at radius 1 is 1.36 bits per heavy atom. The first-order valence-corrected chi connectivity index (χ1v) is 10.5. The van der Waals surface area contributed by atoms with E-state index in [1.165, 1.54) is 5.56 Å². The SMILES string of the molecule is CC/C=C1/C=Cc2cc(Cl)ccc2C(C2CCCN(C(=O)OCC)C2)C1=NC. The molecule has 0 aromatic heterocycles. The van der Waals surface area contributed by atoms with Crippen LogP contribution in [0.25, 0.3) is 6.08 Å². The summed E-state index contributed by atoms with van der Waals surface area (Å²) >= 11 is 6.28. The van der Waals surface area contributed by atoms with E-state index in [0.29, 0.717) is 13.2 Å². The van der Waals surface area contributed by atoms with Gasteiger partial charge in [0.1, 0.15) is 0 Å². The number of aliphatic imine (C=N–C) groups is 1. The van der Waals surface area contributed by atoms with Crippen molar-refractivity contribution in [2.75, 3.05) is 26.7 Å². The van der Waals surface area contributed by atoms with Gasteiger partial charge >= 0.3 is 6.09 Å². The van der Waals surface area contributed by atoms with Gasteiger partial charge in [-0.3, -0.25) is 4.99 Å². The number of hydrogen-bond acceptors (Lipinski definition) is 3. The average Bonchev–Trinajstić information content (AvgIpc) is 2.85. The number of carbonyl (C=O) groups is 1. The minimum absolute atomic E-state index is 0.127. The highest BCUT2D eigenvalue weighted by molar-refractivity contribution is 6.30. The third-order valence-electron chi connectivity index (χ3n) is 5.54. The Morgan fingerprint density at radius 3 is 2.89 bits per heavy atom. The lowest BCUT2D eigenvalue weighted by Crippen LogP contribution is -2.43. The fraction of sp³-hybridized carbons (Fsp3) is 0.478. The van der Waals surface area contributed by atoms with Crippen LogP contribution < -0.4 is 0 Å². The molecule has 2 atom stereocenters. The van der Waals surface area contributed by atoms with Crippen molar-refractivity contribution < 1.29 is 9.53 Å². The summed E-state index contributed by atoms with van der Waals surface area (Å²) in [4.78, 5) is 18.9. The van der Waals surface area contributed by atoms with Crippen LogP contribution >= 0.6 is 11.6 Å². The molecule has 3 rings (SSSR count). The number of halogens is 1. The number of piperidine rings is 1. The lowest BCUT2D eigenvalue weighted by Gasteiger charge is -2.37. The van der Waals surface area contributed by atoms with Crippen molar-refractivity contribution in [2.24, 2.45) is 10.9 Å². The highest BCUT2D eigenvalue weighted by Gasteiger charge is 2.36. The molecule has 28 heavy (non-hydrogen) atoms. The van der Waals surface area contributed by atoms with Gasteiger partial charge in [0.05, 0.1) is 6.61 Å². The maximum absolute atomic E-state index is 12.3. The van der Waals surface area contributed by atoms with Gasteiger partial charge in [0, 0.05) is 36.8 Å². The molecular weight excluding hydrogens is 372 g/mol. The maximum atomic E-state index is 12.3. The molecule has 2 aliphatic rings. The number of carbonyl (C=O) groups excluding carboxylic acids is 1. The molecule has 0 radical (unpaired) electrons. The zero-order valence-electron chi connectivity index (χ0n) is 17.0. The number of hydrogen-bond donors (Lipinski definition) is 0. The van der Waals surface area contributed by atoms with Crippen molar-refractivity contribution in [3.05, 3.63) is 52.1 Å². The van der Waals surface area contributed by atoms with Gasteiger partial charge < -0.3 is 9.64 Å². The first-order chi connectivity index (χ1) is 13.6. The Hall–Kier alpha value is -2.07. The fourth-order valence-corrected chi connectivity index (χ4v) is 4.55. The molecule has 0 bridgehead atoms. The second-order valence-electron chi connectivity index (χ2n) is 7.31. The molecule has 1 amide bonds. The van der Waals surface area contributed by atoms with Crippen LogP contribution in [-0.4, -0.2) is 43.4 Å². The third kappa shape index (κ3) is 4.33. The average molecular weight is 401 g/mol. The molecule has 1 aromatic carbocycles. The Bertz CT molecular complexity index is 813. The summed E-state index contributed by atoms with van der Waals surface area (Å²) in [5.41, 5.74) is 4.62. The largest absolute Gasteiger partial charge is 0.450 e. The number of allylic oxidation sites excluding steroid dienone is 3. The lowest BCUT2D eigenvalue weighted by molar-refractivity contribution is 0.0871. The Labute approximate surface area is 172 Å². The highest BCUT2D eigenvalue weighted by atomic mass is 35.5. The van der Waals surface area contributed by atoms with Crippen LogP contribution in [0, 0.1) is 5.92 Å². The standard InChI is InChI=1S/C23H29ClN2O2/c1-4-7-16-9-10-17-14-19(24)11-12-20(17)21(22(16)25-3)18-8-6-13-26(15-18)23(27)28-5-2/h7,9-12,14,18,21H,4-6,8,13,15H2,1-3H3/b16-7-,25-22?. The Balaban J connectivity index is 2.03. The minimum atomic E-state index is -0.213. The third-order valence-corrected chi connectivity index (χ3v) is 5.77. The van der Waals surface area contributed by atoms with E-state index in [-0.39, 0.29) is 17.9 Å². The number of amides is 1. The van der Waals surface area contributed by atoms with E-state index in [0.717, 1.165) is 47.7 Å². The number of ether oxygens (including phenoxy) is 1. The van der Waals surface area contributed by atoms with Crippen LogP contribution in [0.4, 0.5) is 4.79 Å². The molecule has 1 fully saturated rings. The van der Waals surface area contributed by atoms with Gasteiger partial charge in [-0.25, -0.2) is 4.79 Å². The summed E-state index contributed by atoms with van der Waals surface area (Å²) in [5.74, 6) is 0.416. The van der Waals surface area contributed by atoms with Crippen molar-refractivity contribution in [1.82, 2.24) is 4.90 Å². The van der Waals surface area contributed by atoms with Crippen LogP contribution in [0.15, 0.2) is 40.9 Å². The van der Waals surface area contributed by atoms with E-state index in [1.807, 2.05) is 31.0 Å². The summed E-state index contributed by atoms with van der Waals surface area (Å²) < 4.78 is 5.26. The van der Waals surface area contributed by atoms with Gasteiger partial charge in [-0.15, -0.1) is 0 Å². The molecule has 0 spiro atoms. The summed E-state index contributed by atoms with van der Waals surface area (Å²) in [6.45, 7) is 5.83. The van der Waals surface area contributed by atoms with Crippen LogP contribution in [0.2, 0.25) is 5.02 Å². The van der Waals surface area contributed by atoms with Crippen molar-refractivity contribution in [3.63, 3.8) is 0 Å². The van der Waals surface area contributed by atoms with Crippen LogP contribution in [-0.2, 0) is 4.74 Å². The summed E-state index contributed by atoms with van der Waals surface area (Å²) in [6.07, 6.45) is 9.27. The van der Waals surface area contributed by atoms with E-state index in [4.69, 9.17) is 21.3 Å². The number of rotatable bonds is 3. The minimum Gasteiger partial charge on any atom is -0.450 e. The predicted octanol–water partition coefficient (Wildman–Crippen LogP) is 5.73. The van der Waals surface area contributed by atoms with Crippen LogP contribution in [0.5, 0.6) is 0 Å². The van der Waals surface area contributed by atoms with Gasteiger partial charge in [0.2, 0.25) is 0 Å². The predicted molar refractivity (Wildman–Crippen MR) is 116 cm³/mol. The monoisotopic (exact) mass is 400 g/mol. The number of benzene rings is 1. The van der Waals surface area contributed by atoms with Gasteiger partial charge in [-0.05, 0) is 60.9 Å². The molecule has 0 N–H and O–H groups in total. The molecule has 1 aliphatic heterocycles. The summed E-state index contributed by atoms with van der Waals surface area (Å²) in [5, 5.41) is 0.733. The van der Waals surface area contributed by atoms with Crippen molar-refractivity contribution in [2.45, 2.75) is 39.0 Å². The first-order valence-electron chi connectivity index (χ1n) is 10.1. The Kier molecular flexibility index (Phi) is 6.95. The number of likely N-dealkylation sites (tertiary alicyclic amines) is 1. The normalized spacial score (nSPS) is 24.9. The van der Waals surface area contributed by atoms with E-state index in [9.17, 15) is 4.79 Å². The van der Waals surface area contributed by atoms with Crippen LogP contribution in [0.1, 0.15) is 50.2 Å². The van der Waals surface area contributed by atoms with Crippen molar-refractivity contribution in [3.8, 4) is 0 Å². The highest BCUT2D eigenvalue weighted by Crippen LogP contribution is 2.40. The molecule has 0 saturated carbocycles. The van der Waals surface area contributed by atoms with Gasteiger partial charge in [-0.2, -0.15) is 0 Å². The molecule has 1 heterocycles. The summed E-state index contributed by atoms with van der Waals surface area (Å²) in [7, 11) is 1.87. The van der Waals surface area contributed by atoms with Crippen molar-refractivity contribution >= 4 is 29.5 Å². The van der Waals surface area contributed by atoms with Gasteiger partial charge in [0.25, 0.3) is 0 Å². The van der Waals surface area contributed by atoms with E-state index >= 15 is 0 Å². The molecule has 1 aromatic rings. The zero-order chi connectivity index (χ0) is 20.1. The number of fused-ring (bicyclic) bond motifs is 1. The Morgan fingerprint density at radius 2 is 2.18 bits per heavy atom. The van der Waals surface area contributed by atoms with E-state index in [2.05, 4.69) is 31.2 Å². The molecule has 150 valence electrons. The van der Waals surface area contributed by atoms with E-state index < -0.39 is 0 Å². The smallest absolute Gasteiger partial charge is 0.409 e. The van der Waals surface area contributed by atoms with Crippen LogP contribution in [0.3, 0.4) is 0 Å². The first kappa shape index (κ1) is 20.7. The quantitative estimate of drug-likeness (QED) is 0.650. The molecule has 1 saturated heterocycles. The molecule has 4 nitrogen and oxygen atoms in total. The number of nitrogens with zero attached hydrogens (tertiary/aromatic N) is 2. The molecular formula is C23H29ClN2O2. The van der Waals surface area contributed by atoms with Crippen molar-refractivity contribution in [1.29, 1.82) is 0 Å². The second kappa shape index (κ2) is 9.42. The van der Waals surface area contributed by atoms with Gasteiger partial charge in [0.15, 0.2) is 0 Å². The molecule has 2 unspecified atom stereocenters. The lowest BCUT2D eigenvalue weighted by atomic mass is 9.76. The topological polar surface area (TPSA) is 41.9 Å². The van der Waals surface area contributed by atoms with Gasteiger partial charge in [-0.1, -0.05) is 42.8 Å². The second-order valence-corrected chi connectivity index (χ2v) is 7.74. The van der Waals surface area contributed by atoms with E-state index in [1.54, 1.807) is 0 Å². The fourth-order valence-electron chi connectivity index (χ4n) is 4.37.